The number of amides is 1. The maximum atomic E-state index is 12.1. The van der Waals surface area contributed by atoms with Gasteiger partial charge in [-0.05, 0) is 26.2 Å². The van der Waals surface area contributed by atoms with E-state index in [9.17, 15) is 4.79 Å². The number of nitrogens with zero attached hydrogens (tertiary/aromatic N) is 4. The molecule has 0 unspecified atom stereocenters. The number of carbonyl (C=O) groups excluding carboxylic acids is 1. The van der Waals surface area contributed by atoms with Crippen LogP contribution >= 0.6 is 11.8 Å². The molecule has 1 N–H and O–H groups in total. The molecule has 0 saturated heterocycles. The van der Waals surface area contributed by atoms with Crippen molar-refractivity contribution in [1.82, 2.24) is 20.2 Å². The van der Waals surface area contributed by atoms with E-state index in [0.29, 0.717) is 23.2 Å². The first-order valence-electron chi connectivity index (χ1n) is 9.27. The van der Waals surface area contributed by atoms with Crippen molar-refractivity contribution in [1.29, 1.82) is 0 Å². The summed E-state index contributed by atoms with van der Waals surface area (Å²) in [7, 11) is 7.87. The van der Waals surface area contributed by atoms with Gasteiger partial charge in [0.25, 0.3) is 5.91 Å². The van der Waals surface area contributed by atoms with Crippen LogP contribution in [0.2, 0.25) is 0 Å². The molecule has 0 saturated carbocycles. The average molecular weight is 406 g/mol. The first-order chi connectivity index (χ1) is 13.1. The molecular weight excluding hydrogens is 374 g/mol. The van der Waals surface area contributed by atoms with Gasteiger partial charge in [-0.2, -0.15) is 0 Å². The van der Waals surface area contributed by atoms with Crippen LogP contribution in [-0.2, 0) is 11.2 Å². The number of aromatic nitrogens is 2. The molecule has 0 atom stereocenters. The van der Waals surface area contributed by atoms with Gasteiger partial charge in [-0.25, -0.2) is 9.97 Å². The lowest BCUT2D eigenvalue weighted by molar-refractivity contribution is 0.0922. The fraction of sp³-hybridized carbons (Fsp3) is 0.550. The second-order valence-electron chi connectivity index (χ2n) is 8.15. The minimum absolute atomic E-state index is 0.0640. The van der Waals surface area contributed by atoms with Gasteiger partial charge >= 0.3 is 0 Å². The van der Waals surface area contributed by atoms with Crippen molar-refractivity contribution in [2.24, 2.45) is 0 Å². The van der Waals surface area contributed by atoms with Gasteiger partial charge in [-0.3, -0.25) is 4.79 Å². The average Bonchev–Trinajstić information content (AvgIpc) is 3.07. The molecule has 2 aromatic heterocycles. The summed E-state index contributed by atoms with van der Waals surface area (Å²) < 4.78 is 5.69. The lowest BCUT2D eigenvalue weighted by atomic mass is 9.92. The fourth-order valence-corrected chi connectivity index (χ4v) is 3.03. The molecule has 0 aliphatic rings. The lowest BCUT2D eigenvalue weighted by Crippen LogP contribution is -2.31. The number of carbonyl (C=O) groups is 1. The predicted molar refractivity (Wildman–Crippen MR) is 114 cm³/mol. The van der Waals surface area contributed by atoms with Crippen LogP contribution in [0.25, 0.3) is 0 Å². The summed E-state index contributed by atoms with van der Waals surface area (Å²) in [6.45, 7) is 7.77. The summed E-state index contributed by atoms with van der Waals surface area (Å²) in [6.07, 6.45) is 0. The molecule has 2 heterocycles. The first kappa shape index (κ1) is 22.2. The Morgan fingerprint density at radius 3 is 2.50 bits per heavy atom. The van der Waals surface area contributed by atoms with E-state index in [1.165, 1.54) is 11.8 Å². The van der Waals surface area contributed by atoms with Crippen LogP contribution in [0.4, 0.5) is 5.82 Å². The van der Waals surface area contributed by atoms with Crippen LogP contribution in [0.3, 0.4) is 0 Å². The molecule has 0 bridgehead atoms. The minimum atomic E-state index is -0.195. The van der Waals surface area contributed by atoms with Crippen molar-refractivity contribution in [2.45, 2.75) is 37.1 Å². The number of anilines is 1. The third-order valence-electron chi connectivity index (χ3n) is 3.99. The van der Waals surface area contributed by atoms with E-state index in [0.717, 1.165) is 23.8 Å². The van der Waals surface area contributed by atoms with E-state index in [1.807, 2.05) is 50.1 Å². The van der Waals surface area contributed by atoms with Crippen LogP contribution in [0, 0.1) is 0 Å². The second kappa shape index (κ2) is 9.43. The molecule has 2 rings (SSSR count). The van der Waals surface area contributed by atoms with Crippen LogP contribution < -0.4 is 10.2 Å². The van der Waals surface area contributed by atoms with Gasteiger partial charge in [0.15, 0.2) is 10.9 Å². The van der Waals surface area contributed by atoms with Crippen molar-refractivity contribution >= 4 is 23.5 Å². The molecule has 28 heavy (non-hydrogen) atoms. The Hall–Kier alpha value is -2.06. The number of thioether (sulfide) groups is 1. The van der Waals surface area contributed by atoms with Crippen molar-refractivity contribution in [3.8, 4) is 0 Å². The number of rotatable bonds is 8. The summed E-state index contributed by atoms with van der Waals surface area (Å²) in [4.78, 5) is 25.4. The Labute approximate surface area is 171 Å². The largest absolute Gasteiger partial charge is 0.455 e. The highest BCUT2D eigenvalue weighted by molar-refractivity contribution is 7.98. The van der Waals surface area contributed by atoms with E-state index >= 15 is 0 Å². The quantitative estimate of drug-likeness (QED) is 0.534. The molecule has 0 aromatic carbocycles. The molecular formula is C20H31N5O2S. The molecule has 1 amide bonds. The summed E-state index contributed by atoms with van der Waals surface area (Å²) in [5, 5.41) is 3.55. The number of likely N-dealkylation sites (N-methyl/N-ethyl adjacent to an activating group) is 1. The highest BCUT2D eigenvalue weighted by atomic mass is 32.2. The summed E-state index contributed by atoms with van der Waals surface area (Å²) in [5.74, 6) is 2.29. The zero-order valence-electron chi connectivity index (χ0n) is 17.9. The molecule has 8 heteroatoms. The molecule has 0 aliphatic carbocycles. The predicted octanol–water partition coefficient (Wildman–Crippen LogP) is 3.02. The second-order valence-corrected chi connectivity index (χ2v) is 9.09. The Balaban J connectivity index is 2.03. The number of nitrogens with one attached hydrogen (secondary N) is 1. The van der Waals surface area contributed by atoms with Gasteiger partial charge in [0.1, 0.15) is 11.6 Å². The molecule has 0 aliphatic heterocycles. The maximum absolute atomic E-state index is 12.1. The van der Waals surface area contributed by atoms with Gasteiger partial charge < -0.3 is 19.5 Å². The minimum Gasteiger partial charge on any atom is -0.455 e. The van der Waals surface area contributed by atoms with E-state index in [1.54, 1.807) is 6.07 Å². The summed E-state index contributed by atoms with van der Waals surface area (Å²) in [6, 6.07) is 5.56. The molecule has 0 spiro atoms. The van der Waals surface area contributed by atoms with Gasteiger partial charge in [-0.15, -0.1) is 0 Å². The maximum Gasteiger partial charge on any atom is 0.287 e. The monoisotopic (exact) mass is 405 g/mol. The molecule has 0 radical (unpaired) electrons. The topological polar surface area (TPSA) is 74.5 Å². The Kier molecular flexibility index (Phi) is 7.48. The van der Waals surface area contributed by atoms with Crippen LogP contribution in [0.5, 0.6) is 0 Å². The Morgan fingerprint density at radius 1 is 1.18 bits per heavy atom. The zero-order valence-corrected chi connectivity index (χ0v) is 18.7. The van der Waals surface area contributed by atoms with E-state index in [-0.39, 0.29) is 11.3 Å². The number of hydrogen-bond acceptors (Lipinski definition) is 7. The zero-order chi connectivity index (χ0) is 20.9. The number of furan rings is 1. The van der Waals surface area contributed by atoms with Crippen LogP contribution in [0.1, 0.15) is 42.8 Å². The molecule has 2 aromatic rings. The van der Waals surface area contributed by atoms with Gasteiger partial charge in [-0.1, -0.05) is 32.5 Å². The fourth-order valence-electron chi connectivity index (χ4n) is 2.28. The highest BCUT2D eigenvalue weighted by Gasteiger charge is 2.19. The highest BCUT2D eigenvalue weighted by Crippen LogP contribution is 2.28. The normalized spacial score (nSPS) is 11.7. The standard InChI is InChI=1S/C20H31N5O2S/c1-20(2,3)16-12-17(25(6)7)23-19(22-16)28-13-14-8-9-15(27-14)18(26)21-10-11-24(4)5/h8-9,12H,10-11,13H2,1-7H3,(H,21,26). The van der Waals surface area contributed by atoms with Crippen molar-refractivity contribution < 1.29 is 9.21 Å². The first-order valence-corrected chi connectivity index (χ1v) is 10.3. The van der Waals surface area contributed by atoms with Crippen LogP contribution in [-0.4, -0.2) is 62.1 Å². The Morgan fingerprint density at radius 2 is 1.89 bits per heavy atom. The van der Waals surface area contributed by atoms with Crippen LogP contribution in [0.15, 0.2) is 27.8 Å². The SMILES string of the molecule is CN(C)CCNC(=O)c1ccc(CSc2nc(N(C)C)cc(C(C)(C)C)n2)o1. The van der Waals surface area contributed by atoms with Crippen molar-refractivity contribution in [3.05, 3.63) is 35.4 Å². The van der Waals surface area contributed by atoms with E-state index < -0.39 is 0 Å². The smallest absolute Gasteiger partial charge is 0.287 e. The molecule has 154 valence electrons. The van der Waals surface area contributed by atoms with Gasteiger partial charge in [0.2, 0.25) is 0 Å². The lowest BCUT2D eigenvalue weighted by Gasteiger charge is -2.21. The summed E-state index contributed by atoms with van der Waals surface area (Å²) in [5.41, 5.74) is 0.931. The third-order valence-corrected chi connectivity index (χ3v) is 4.86. The summed E-state index contributed by atoms with van der Waals surface area (Å²) >= 11 is 1.50. The van der Waals surface area contributed by atoms with E-state index in [2.05, 4.69) is 31.1 Å². The van der Waals surface area contributed by atoms with Gasteiger partial charge in [0, 0.05) is 38.7 Å². The molecule has 7 nitrogen and oxygen atoms in total. The molecule has 0 fully saturated rings. The Bertz CT molecular complexity index is 796. The van der Waals surface area contributed by atoms with Crippen molar-refractivity contribution in [2.75, 3.05) is 46.2 Å². The van der Waals surface area contributed by atoms with Gasteiger partial charge in [0.05, 0.1) is 11.4 Å². The number of hydrogen-bond donors (Lipinski definition) is 1. The third kappa shape index (κ3) is 6.53. The van der Waals surface area contributed by atoms with Crippen molar-refractivity contribution in [3.63, 3.8) is 0 Å². The van der Waals surface area contributed by atoms with E-state index in [4.69, 9.17) is 9.40 Å².